The number of fused-ring (bicyclic) bond motifs is 1. The maximum Gasteiger partial charge on any atom is 0.240 e. The van der Waals surface area contributed by atoms with Gasteiger partial charge in [0.05, 0.1) is 12.1 Å². The summed E-state index contributed by atoms with van der Waals surface area (Å²) in [5, 5.41) is 6.99. The van der Waals surface area contributed by atoms with Gasteiger partial charge < -0.3 is 24.7 Å². The SMILES string of the molecule is CNCCOc1cccc(OCCNC(=O)Cn2cc(C)c3cnccc32)c1. The van der Waals surface area contributed by atoms with Gasteiger partial charge in [-0.2, -0.15) is 0 Å². The minimum absolute atomic E-state index is 0.0542. The van der Waals surface area contributed by atoms with Gasteiger partial charge in [0.2, 0.25) is 5.91 Å². The minimum atomic E-state index is -0.0542. The van der Waals surface area contributed by atoms with Crippen molar-refractivity contribution < 1.29 is 14.3 Å². The highest BCUT2D eigenvalue weighted by atomic mass is 16.5. The van der Waals surface area contributed by atoms with Crippen molar-refractivity contribution in [2.24, 2.45) is 0 Å². The molecule has 0 bridgehead atoms. The Balaban J connectivity index is 1.44. The van der Waals surface area contributed by atoms with Crippen LogP contribution >= 0.6 is 0 Å². The van der Waals surface area contributed by atoms with E-state index >= 15 is 0 Å². The van der Waals surface area contributed by atoms with Crippen LogP contribution in [0.15, 0.2) is 48.9 Å². The van der Waals surface area contributed by atoms with Crippen LogP contribution < -0.4 is 20.1 Å². The molecular weight excluding hydrogens is 356 g/mol. The third kappa shape index (κ3) is 5.23. The number of aryl methyl sites for hydroxylation is 1. The van der Waals surface area contributed by atoms with Crippen LogP contribution in [0.1, 0.15) is 5.56 Å². The second-order valence-electron chi connectivity index (χ2n) is 6.46. The molecule has 7 nitrogen and oxygen atoms in total. The van der Waals surface area contributed by atoms with Gasteiger partial charge in [-0.05, 0) is 37.7 Å². The molecule has 3 aromatic rings. The van der Waals surface area contributed by atoms with E-state index < -0.39 is 0 Å². The van der Waals surface area contributed by atoms with E-state index in [1.807, 2.05) is 61.3 Å². The average Bonchev–Trinajstić information content (AvgIpc) is 3.02. The summed E-state index contributed by atoms with van der Waals surface area (Å²) in [6.45, 7) is 4.49. The van der Waals surface area contributed by atoms with E-state index in [1.54, 1.807) is 6.20 Å². The summed E-state index contributed by atoms with van der Waals surface area (Å²) in [6.07, 6.45) is 5.53. The summed E-state index contributed by atoms with van der Waals surface area (Å²) >= 11 is 0. The predicted octanol–water partition coefficient (Wildman–Crippen LogP) is 2.14. The van der Waals surface area contributed by atoms with Crippen molar-refractivity contribution >= 4 is 16.8 Å². The topological polar surface area (TPSA) is 77.4 Å². The first kappa shape index (κ1) is 19.7. The van der Waals surface area contributed by atoms with Gasteiger partial charge in [0.1, 0.15) is 31.3 Å². The number of pyridine rings is 1. The van der Waals surface area contributed by atoms with Gasteiger partial charge in [-0.1, -0.05) is 6.07 Å². The molecule has 1 amide bonds. The maximum atomic E-state index is 12.2. The summed E-state index contributed by atoms with van der Waals surface area (Å²) in [4.78, 5) is 16.4. The van der Waals surface area contributed by atoms with Crippen molar-refractivity contribution in [3.8, 4) is 11.5 Å². The van der Waals surface area contributed by atoms with Gasteiger partial charge in [0.15, 0.2) is 0 Å². The van der Waals surface area contributed by atoms with Crippen molar-refractivity contribution in [1.82, 2.24) is 20.2 Å². The van der Waals surface area contributed by atoms with Gasteiger partial charge in [-0.15, -0.1) is 0 Å². The molecule has 0 saturated heterocycles. The summed E-state index contributed by atoms with van der Waals surface area (Å²) in [7, 11) is 1.88. The number of hydrogen-bond donors (Lipinski definition) is 2. The van der Waals surface area contributed by atoms with Crippen LogP contribution in [0.25, 0.3) is 10.9 Å². The Morgan fingerprint density at radius 3 is 2.64 bits per heavy atom. The lowest BCUT2D eigenvalue weighted by molar-refractivity contribution is -0.121. The number of benzene rings is 1. The summed E-state index contributed by atoms with van der Waals surface area (Å²) in [5.74, 6) is 1.43. The number of hydrogen-bond acceptors (Lipinski definition) is 5. The van der Waals surface area contributed by atoms with Crippen LogP contribution in [0.4, 0.5) is 0 Å². The van der Waals surface area contributed by atoms with E-state index in [4.69, 9.17) is 9.47 Å². The quantitative estimate of drug-likeness (QED) is 0.526. The van der Waals surface area contributed by atoms with Gasteiger partial charge in [-0.3, -0.25) is 9.78 Å². The van der Waals surface area contributed by atoms with Crippen LogP contribution in [-0.2, 0) is 11.3 Å². The second-order valence-corrected chi connectivity index (χ2v) is 6.46. The van der Waals surface area contributed by atoms with Crippen LogP contribution in [0.5, 0.6) is 11.5 Å². The molecule has 7 heteroatoms. The van der Waals surface area contributed by atoms with Crippen molar-refractivity contribution in [3.63, 3.8) is 0 Å². The Kier molecular flexibility index (Phi) is 6.86. The van der Waals surface area contributed by atoms with Crippen molar-refractivity contribution in [1.29, 1.82) is 0 Å². The Hall–Kier alpha value is -3.06. The van der Waals surface area contributed by atoms with Crippen molar-refractivity contribution in [2.75, 3.05) is 33.4 Å². The molecule has 3 rings (SSSR count). The normalized spacial score (nSPS) is 10.8. The zero-order chi connectivity index (χ0) is 19.8. The van der Waals surface area contributed by atoms with Crippen LogP contribution in [0.2, 0.25) is 0 Å². The third-order valence-electron chi connectivity index (χ3n) is 4.32. The number of carbonyl (C=O) groups excluding carboxylic acids is 1. The van der Waals surface area contributed by atoms with E-state index in [9.17, 15) is 4.79 Å². The molecule has 28 heavy (non-hydrogen) atoms. The average molecular weight is 382 g/mol. The Morgan fingerprint density at radius 2 is 1.89 bits per heavy atom. The van der Waals surface area contributed by atoms with Gasteiger partial charge in [0.25, 0.3) is 0 Å². The zero-order valence-electron chi connectivity index (χ0n) is 16.3. The van der Waals surface area contributed by atoms with Gasteiger partial charge in [0, 0.05) is 36.6 Å². The van der Waals surface area contributed by atoms with E-state index in [0.29, 0.717) is 19.8 Å². The third-order valence-corrected chi connectivity index (χ3v) is 4.32. The number of aromatic nitrogens is 2. The summed E-state index contributed by atoms with van der Waals surface area (Å²) < 4.78 is 13.3. The van der Waals surface area contributed by atoms with Crippen LogP contribution in [-0.4, -0.2) is 48.8 Å². The molecule has 148 valence electrons. The Bertz CT molecular complexity index is 923. The largest absolute Gasteiger partial charge is 0.492 e. The summed E-state index contributed by atoms with van der Waals surface area (Å²) in [5.41, 5.74) is 2.12. The molecule has 2 heterocycles. The number of amides is 1. The molecule has 0 atom stereocenters. The molecule has 1 aromatic carbocycles. The summed E-state index contributed by atoms with van der Waals surface area (Å²) in [6, 6.07) is 9.42. The minimum Gasteiger partial charge on any atom is -0.492 e. The molecule has 0 spiro atoms. The smallest absolute Gasteiger partial charge is 0.240 e. The highest BCUT2D eigenvalue weighted by Gasteiger charge is 2.08. The Labute approximate surface area is 164 Å². The first-order valence-corrected chi connectivity index (χ1v) is 9.34. The molecule has 0 aliphatic heterocycles. The number of rotatable bonds is 10. The molecular formula is C21H26N4O3. The van der Waals surface area contributed by atoms with E-state index in [0.717, 1.165) is 34.5 Å². The lowest BCUT2D eigenvalue weighted by atomic mass is 10.2. The zero-order valence-corrected chi connectivity index (χ0v) is 16.3. The number of ether oxygens (including phenoxy) is 2. The maximum absolute atomic E-state index is 12.2. The number of carbonyl (C=O) groups is 1. The number of likely N-dealkylation sites (N-methyl/N-ethyl adjacent to an activating group) is 1. The molecule has 2 N–H and O–H groups in total. The first-order chi connectivity index (χ1) is 13.7. The second kappa shape index (κ2) is 9.75. The number of nitrogens with zero attached hydrogens (tertiary/aromatic N) is 2. The molecule has 0 aliphatic rings. The van der Waals surface area contributed by atoms with E-state index in [1.165, 1.54) is 0 Å². The number of nitrogens with one attached hydrogen (secondary N) is 2. The molecule has 2 aromatic heterocycles. The lowest BCUT2D eigenvalue weighted by Crippen LogP contribution is -2.31. The van der Waals surface area contributed by atoms with Crippen molar-refractivity contribution in [2.45, 2.75) is 13.5 Å². The van der Waals surface area contributed by atoms with Gasteiger partial charge in [-0.25, -0.2) is 0 Å². The monoisotopic (exact) mass is 382 g/mol. The first-order valence-electron chi connectivity index (χ1n) is 9.34. The lowest BCUT2D eigenvalue weighted by Gasteiger charge is -2.10. The van der Waals surface area contributed by atoms with E-state index in [-0.39, 0.29) is 12.5 Å². The molecule has 0 aliphatic carbocycles. The van der Waals surface area contributed by atoms with Crippen molar-refractivity contribution in [3.05, 3.63) is 54.5 Å². The Morgan fingerprint density at radius 1 is 1.14 bits per heavy atom. The molecule has 0 fully saturated rings. The highest BCUT2D eigenvalue weighted by Crippen LogP contribution is 2.20. The van der Waals surface area contributed by atoms with E-state index in [2.05, 4.69) is 15.6 Å². The molecule has 0 saturated carbocycles. The fraction of sp³-hybridized carbons (Fsp3) is 0.333. The fourth-order valence-electron chi connectivity index (χ4n) is 2.94. The molecule has 0 radical (unpaired) electrons. The molecule has 0 unspecified atom stereocenters. The fourth-order valence-corrected chi connectivity index (χ4v) is 2.94. The van der Waals surface area contributed by atoms with Gasteiger partial charge >= 0.3 is 0 Å². The van der Waals surface area contributed by atoms with Crippen LogP contribution in [0.3, 0.4) is 0 Å². The standard InChI is InChI=1S/C21H26N4O3/c1-16-14-25(20-6-7-23-13-19(16)20)15-21(26)24-9-11-28-18-5-3-4-17(12-18)27-10-8-22-2/h3-7,12-14,22H,8-11,15H2,1-2H3,(H,24,26). The highest BCUT2D eigenvalue weighted by molar-refractivity contribution is 5.85. The van der Waals surface area contributed by atoms with Crippen LogP contribution in [0, 0.1) is 6.92 Å². The predicted molar refractivity (Wildman–Crippen MR) is 109 cm³/mol.